The first kappa shape index (κ1) is 15.6. The van der Waals surface area contributed by atoms with Gasteiger partial charge in [0.05, 0.1) is 5.52 Å². The zero-order valence-electron chi connectivity index (χ0n) is 13.6. The number of hydrogen-bond acceptors (Lipinski definition) is 3. The third kappa shape index (κ3) is 2.71. The normalized spacial score (nSPS) is 22.5. The molecule has 1 amide bonds. The van der Waals surface area contributed by atoms with Crippen LogP contribution in [0.2, 0.25) is 0 Å². The summed E-state index contributed by atoms with van der Waals surface area (Å²) in [6.45, 7) is 6.54. The summed E-state index contributed by atoms with van der Waals surface area (Å²) in [5.74, 6) is 0. The van der Waals surface area contributed by atoms with Crippen molar-refractivity contribution in [1.29, 1.82) is 0 Å². The number of nitrogens with zero attached hydrogens (tertiary/aromatic N) is 3. The molecule has 3 heterocycles. The number of piperidine rings is 1. The van der Waals surface area contributed by atoms with Crippen LogP contribution in [0.3, 0.4) is 0 Å². The summed E-state index contributed by atoms with van der Waals surface area (Å²) in [6.07, 6.45) is 2.00. The molecule has 0 spiro atoms. The number of hydrogen-bond donors (Lipinski definition) is 2. The molecule has 0 aromatic carbocycles. The minimum atomic E-state index is -0.892. The van der Waals surface area contributed by atoms with E-state index in [1.54, 1.807) is 16.8 Å². The van der Waals surface area contributed by atoms with Gasteiger partial charge in [0.15, 0.2) is 5.65 Å². The standard InChI is InChI=1S/C16H22N4O3/c1-16(2,3)12-9-10(6-8-19(12)15(22)23)20-11-5-4-7-17-13(11)18-14(20)21/h4-5,7,10,12H,6,8-9H2,1-3H3,(H,22,23)(H,17,18,21). The predicted octanol–water partition coefficient (Wildman–Crippen LogP) is 2.45. The van der Waals surface area contributed by atoms with Gasteiger partial charge in [0, 0.05) is 24.8 Å². The van der Waals surface area contributed by atoms with E-state index in [2.05, 4.69) is 9.97 Å². The molecule has 0 aliphatic carbocycles. The van der Waals surface area contributed by atoms with Gasteiger partial charge in [-0.25, -0.2) is 14.6 Å². The van der Waals surface area contributed by atoms with Crippen molar-refractivity contribution in [3.8, 4) is 0 Å². The molecule has 124 valence electrons. The molecule has 2 aromatic heterocycles. The van der Waals surface area contributed by atoms with Crippen LogP contribution >= 0.6 is 0 Å². The van der Waals surface area contributed by atoms with Gasteiger partial charge in [0.1, 0.15) is 0 Å². The molecule has 1 aliphatic heterocycles. The van der Waals surface area contributed by atoms with E-state index < -0.39 is 6.09 Å². The van der Waals surface area contributed by atoms with Crippen molar-refractivity contribution in [1.82, 2.24) is 19.4 Å². The van der Waals surface area contributed by atoms with Crippen molar-refractivity contribution in [2.75, 3.05) is 6.54 Å². The Morgan fingerprint density at radius 3 is 2.83 bits per heavy atom. The zero-order chi connectivity index (χ0) is 16.8. The van der Waals surface area contributed by atoms with Crippen molar-refractivity contribution in [2.45, 2.75) is 45.7 Å². The molecule has 0 saturated carbocycles. The van der Waals surface area contributed by atoms with Crippen molar-refractivity contribution in [3.63, 3.8) is 0 Å². The molecule has 1 saturated heterocycles. The molecular weight excluding hydrogens is 296 g/mol. The summed E-state index contributed by atoms with van der Waals surface area (Å²) in [4.78, 5) is 32.3. The fourth-order valence-electron chi connectivity index (χ4n) is 3.55. The van der Waals surface area contributed by atoms with Crippen molar-refractivity contribution < 1.29 is 9.90 Å². The number of nitrogens with one attached hydrogen (secondary N) is 1. The Bertz CT molecular complexity index is 786. The van der Waals surface area contributed by atoms with E-state index in [0.29, 0.717) is 25.0 Å². The summed E-state index contributed by atoms with van der Waals surface area (Å²) >= 11 is 0. The number of carboxylic acid groups (broad SMARTS) is 1. The van der Waals surface area contributed by atoms with Crippen LogP contribution in [0, 0.1) is 5.41 Å². The monoisotopic (exact) mass is 318 g/mol. The Morgan fingerprint density at radius 2 is 2.17 bits per heavy atom. The van der Waals surface area contributed by atoms with Gasteiger partial charge in [0.25, 0.3) is 0 Å². The number of pyridine rings is 1. The number of likely N-dealkylation sites (tertiary alicyclic amines) is 1. The van der Waals surface area contributed by atoms with Gasteiger partial charge in [-0.1, -0.05) is 20.8 Å². The Morgan fingerprint density at radius 1 is 1.43 bits per heavy atom. The molecule has 2 unspecified atom stereocenters. The van der Waals surface area contributed by atoms with Crippen molar-refractivity contribution >= 4 is 17.3 Å². The van der Waals surface area contributed by atoms with E-state index in [1.165, 1.54) is 4.90 Å². The molecule has 2 atom stereocenters. The van der Waals surface area contributed by atoms with Crippen LogP contribution in [0.1, 0.15) is 39.7 Å². The number of carbonyl (C=O) groups is 1. The Balaban J connectivity index is 2.00. The number of H-pyrrole nitrogens is 1. The van der Waals surface area contributed by atoms with Crippen LogP contribution in [-0.4, -0.2) is 43.2 Å². The van der Waals surface area contributed by atoms with Crippen LogP contribution < -0.4 is 5.69 Å². The number of rotatable bonds is 1. The fraction of sp³-hybridized carbons (Fsp3) is 0.562. The van der Waals surface area contributed by atoms with Gasteiger partial charge >= 0.3 is 11.8 Å². The van der Waals surface area contributed by atoms with Crippen LogP contribution in [0.25, 0.3) is 11.2 Å². The van der Waals surface area contributed by atoms with Gasteiger partial charge < -0.3 is 10.0 Å². The summed E-state index contributed by atoms with van der Waals surface area (Å²) in [6, 6.07) is 3.52. The number of fused-ring (bicyclic) bond motifs is 1. The highest BCUT2D eigenvalue weighted by Crippen LogP contribution is 2.37. The summed E-state index contributed by atoms with van der Waals surface area (Å²) < 4.78 is 1.74. The highest BCUT2D eigenvalue weighted by Gasteiger charge is 2.39. The zero-order valence-corrected chi connectivity index (χ0v) is 13.6. The molecule has 1 aliphatic rings. The van der Waals surface area contributed by atoms with E-state index in [0.717, 1.165) is 5.52 Å². The largest absolute Gasteiger partial charge is 0.465 e. The SMILES string of the molecule is CC(C)(C)C1CC(n2c(=O)[nH]c3ncccc32)CCN1C(=O)O. The van der Waals surface area contributed by atoms with E-state index in [1.807, 2.05) is 26.8 Å². The summed E-state index contributed by atoms with van der Waals surface area (Å²) in [7, 11) is 0. The fourth-order valence-corrected chi connectivity index (χ4v) is 3.55. The van der Waals surface area contributed by atoms with E-state index in [9.17, 15) is 14.7 Å². The topological polar surface area (TPSA) is 91.2 Å². The van der Waals surface area contributed by atoms with Gasteiger partial charge in [-0.2, -0.15) is 0 Å². The Kier molecular flexibility index (Phi) is 3.66. The Hall–Kier alpha value is -2.31. The quantitative estimate of drug-likeness (QED) is 0.845. The lowest BCUT2D eigenvalue weighted by molar-refractivity contribution is 0.0430. The molecule has 1 fully saturated rings. The van der Waals surface area contributed by atoms with Crippen molar-refractivity contribution in [2.24, 2.45) is 5.41 Å². The maximum absolute atomic E-state index is 12.3. The van der Waals surface area contributed by atoms with E-state index in [-0.39, 0.29) is 23.2 Å². The lowest BCUT2D eigenvalue weighted by Crippen LogP contribution is -2.52. The highest BCUT2D eigenvalue weighted by molar-refractivity contribution is 5.70. The molecule has 3 rings (SSSR count). The van der Waals surface area contributed by atoms with E-state index >= 15 is 0 Å². The predicted molar refractivity (Wildman–Crippen MR) is 86.6 cm³/mol. The molecular formula is C16H22N4O3. The second kappa shape index (κ2) is 5.40. The molecule has 7 nitrogen and oxygen atoms in total. The van der Waals surface area contributed by atoms with Crippen molar-refractivity contribution in [3.05, 3.63) is 28.8 Å². The lowest BCUT2D eigenvalue weighted by atomic mass is 9.79. The first-order valence-corrected chi connectivity index (χ1v) is 7.84. The molecule has 2 aromatic rings. The number of aromatic amines is 1. The van der Waals surface area contributed by atoms with Crippen LogP contribution in [0.15, 0.2) is 23.1 Å². The van der Waals surface area contributed by atoms with Gasteiger partial charge in [-0.15, -0.1) is 0 Å². The smallest absolute Gasteiger partial charge is 0.407 e. The average Bonchev–Trinajstić information content (AvgIpc) is 2.81. The van der Waals surface area contributed by atoms with Gasteiger partial charge in [0.2, 0.25) is 0 Å². The van der Waals surface area contributed by atoms with Gasteiger partial charge in [-0.3, -0.25) is 9.55 Å². The molecule has 0 radical (unpaired) electrons. The van der Waals surface area contributed by atoms with E-state index in [4.69, 9.17) is 0 Å². The van der Waals surface area contributed by atoms with Crippen LogP contribution in [-0.2, 0) is 0 Å². The number of imidazole rings is 1. The molecule has 2 N–H and O–H groups in total. The minimum absolute atomic E-state index is 0.0275. The number of amides is 1. The first-order chi connectivity index (χ1) is 10.8. The maximum atomic E-state index is 12.3. The second-order valence-electron chi connectivity index (χ2n) is 7.21. The highest BCUT2D eigenvalue weighted by atomic mass is 16.4. The second-order valence-corrected chi connectivity index (χ2v) is 7.21. The summed E-state index contributed by atoms with van der Waals surface area (Å²) in [5.41, 5.74) is 0.981. The molecule has 7 heteroatoms. The maximum Gasteiger partial charge on any atom is 0.407 e. The lowest BCUT2D eigenvalue weighted by Gasteiger charge is -2.44. The van der Waals surface area contributed by atoms with Gasteiger partial charge in [-0.05, 0) is 30.4 Å². The average molecular weight is 318 g/mol. The Labute approximate surface area is 133 Å². The number of aromatic nitrogens is 3. The molecule has 23 heavy (non-hydrogen) atoms. The molecule has 0 bridgehead atoms. The van der Waals surface area contributed by atoms with Crippen LogP contribution in [0.4, 0.5) is 4.79 Å². The third-order valence-corrected chi connectivity index (χ3v) is 4.68. The minimum Gasteiger partial charge on any atom is -0.465 e. The third-order valence-electron chi connectivity index (χ3n) is 4.68. The van der Waals surface area contributed by atoms with Crippen LogP contribution in [0.5, 0.6) is 0 Å². The summed E-state index contributed by atoms with van der Waals surface area (Å²) in [5, 5.41) is 9.46. The first-order valence-electron chi connectivity index (χ1n) is 7.84.